The zero-order chi connectivity index (χ0) is 19.0. The first-order chi connectivity index (χ1) is 12.9. The molecular weight excluding hydrogens is 368 g/mol. The number of nitrogens with zero attached hydrogens (tertiary/aromatic N) is 2. The molecule has 0 spiro atoms. The fraction of sp³-hybridized carbons (Fsp3) is 0. The summed E-state index contributed by atoms with van der Waals surface area (Å²) < 4.78 is 25.9. The highest BCUT2D eigenvalue weighted by molar-refractivity contribution is 7.91. The molecule has 2 aromatic heterocycles. The molecule has 0 saturated heterocycles. The summed E-state index contributed by atoms with van der Waals surface area (Å²) in [5.41, 5.74) is 6.39. The molecule has 4 rings (SSSR count). The smallest absolute Gasteiger partial charge is 0.260 e. The minimum atomic E-state index is -3.84. The molecule has 2 heterocycles. The molecular formula is C17H14N6O3S. The van der Waals surface area contributed by atoms with Crippen LogP contribution in [0.2, 0.25) is 0 Å². The van der Waals surface area contributed by atoms with Gasteiger partial charge in [-0.1, -0.05) is 18.2 Å². The third-order valence-corrected chi connectivity index (χ3v) is 5.67. The number of nitrogen functional groups attached to an aromatic ring is 1. The van der Waals surface area contributed by atoms with Crippen molar-refractivity contribution in [2.24, 2.45) is 0 Å². The number of sulfone groups is 1. The van der Waals surface area contributed by atoms with Gasteiger partial charge in [0.05, 0.1) is 26.4 Å². The quantitative estimate of drug-likeness (QED) is 0.424. The Bertz CT molecular complexity index is 1230. The number of anilines is 2. The zero-order valence-electron chi connectivity index (χ0n) is 13.8. The normalized spacial score (nSPS) is 11.6. The van der Waals surface area contributed by atoms with Crippen LogP contribution in [0.3, 0.4) is 0 Å². The SMILES string of the molecule is Nc1nc2cc(S(=O)(=O)c3ccccc3)cc(C(=O)Nc3ncc[nH]3)c2[nH]1. The lowest BCUT2D eigenvalue weighted by Crippen LogP contribution is -2.14. The number of carbonyl (C=O) groups is 1. The van der Waals surface area contributed by atoms with Gasteiger partial charge in [-0.05, 0) is 24.3 Å². The lowest BCUT2D eigenvalue weighted by atomic mass is 10.1. The van der Waals surface area contributed by atoms with Gasteiger partial charge in [0.2, 0.25) is 15.8 Å². The second-order valence-electron chi connectivity index (χ2n) is 5.70. The van der Waals surface area contributed by atoms with Crippen molar-refractivity contribution < 1.29 is 13.2 Å². The van der Waals surface area contributed by atoms with E-state index >= 15 is 0 Å². The number of nitrogens with one attached hydrogen (secondary N) is 3. The van der Waals surface area contributed by atoms with Crippen LogP contribution in [0.1, 0.15) is 10.4 Å². The van der Waals surface area contributed by atoms with Crippen molar-refractivity contribution in [2.75, 3.05) is 11.1 Å². The number of aromatic amines is 2. The predicted molar refractivity (Wildman–Crippen MR) is 98.9 cm³/mol. The number of nitrogens with two attached hydrogens (primary N) is 1. The van der Waals surface area contributed by atoms with E-state index in [0.717, 1.165) is 0 Å². The van der Waals surface area contributed by atoms with Gasteiger partial charge in [-0.15, -0.1) is 0 Å². The minimum Gasteiger partial charge on any atom is -0.369 e. The monoisotopic (exact) mass is 382 g/mol. The number of aromatic nitrogens is 4. The zero-order valence-corrected chi connectivity index (χ0v) is 14.6. The Morgan fingerprint density at radius 2 is 1.89 bits per heavy atom. The highest BCUT2D eigenvalue weighted by Crippen LogP contribution is 2.27. The first kappa shape index (κ1) is 16.8. The van der Waals surface area contributed by atoms with E-state index in [-0.39, 0.29) is 32.8 Å². The van der Waals surface area contributed by atoms with Crippen molar-refractivity contribution in [1.29, 1.82) is 0 Å². The van der Waals surface area contributed by atoms with Crippen LogP contribution < -0.4 is 11.1 Å². The topological polar surface area (TPSA) is 147 Å². The molecule has 0 aliphatic heterocycles. The van der Waals surface area contributed by atoms with Crippen LogP contribution in [0.25, 0.3) is 11.0 Å². The number of carbonyl (C=O) groups excluding carboxylic acids is 1. The Balaban J connectivity index is 1.87. The molecule has 0 aliphatic carbocycles. The number of amides is 1. The van der Waals surface area contributed by atoms with E-state index < -0.39 is 15.7 Å². The molecule has 0 unspecified atom stereocenters. The highest BCUT2D eigenvalue weighted by atomic mass is 32.2. The van der Waals surface area contributed by atoms with E-state index in [2.05, 4.69) is 25.3 Å². The van der Waals surface area contributed by atoms with Gasteiger partial charge in [-0.3, -0.25) is 10.1 Å². The molecule has 10 heteroatoms. The Morgan fingerprint density at radius 1 is 1.11 bits per heavy atom. The second-order valence-corrected chi connectivity index (χ2v) is 7.65. The molecule has 136 valence electrons. The molecule has 0 atom stereocenters. The molecule has 2 aromatic carbocycles. The van der Waals surface area contributed by atoms with Crippen LogP contribution in [0.5, 0.6) is 0 Å². The first-order valence-electron chi connectivity index (χ1n) is 7.85. The van der Waals surface area contributed by atoms with Gasteiger partial charge in [-0.25, -0.2) is 18.4 Å². The van der Waals surface area contributed by atoms with Crippen molar-refractivity contribution in [2.45, 2.75) is 9.79 Å². The summed E-state index contributed by atoms with van der Waals surface area (Å²) in [4.78, 5) is 26.3. The Hall–Kier alpha value is -3.66. The maximum atomic E-state index is 13.0. The van der Waals surface area contributed by atoms with Gasteiger partial charge in [0, 0.05) is 12.4 Å². The predicted octanol–water partition coefficient (Wildman–Crippen LogP) is 1.95. The van der Waals surface area contributed by atoms with Crippen LogP contribution >= 0.6 is 0 Å². The molecule has 4 aromatic rings. The molecule has 0 bridgehead atoms. The second kappa shape index (κ2) is 6.25. The van der Waals surface area contributed by atoms with Crippen LogP contribution in [-0.2, 0) is 9.84 Å². The summed E-state index contributed by atoms with van der Waals surface area (Å²) in [5.74, 6) is -0.244. The summed E-state index contributed by atoms with van der Waals surface area (Å²) in [7, 11) is -3.84. The van der Waals surface area contributed by atoms with Gasteiger partial charge < -0.3 is 15.7 Å². The summed E-state index contributed by atoms with van der Waals surface area (Å²) in [6.45, 7) is 0. The molecule has 0 fully saturated rings. The number of benzene rings is 2. The number of imidazole rings is 2. The highest BCUT2D eigenvalue weighted by Gasteiger charge is 2.23. The van der Waals surface area contributed by atoms with Crippen molar-refractivity contribution >= 4 is 38.7 Å². The largest absolute Gasteiger partial charge is 0.369 e. The van der Waals surface area contributed by atoms with Crippen molar-refractivity contribution in [3.05, 3.63) is 60.4 Å². The fourth-order valence-corrected chi connectivity index (χ4v) is 4.01. The fourth-order valence-electron chi connectivity index (χ4n) is 2.68. The maximum absolute atomic E-state index is 13.0. The van der Waals surface area contributed by atoms with Crippen molar-refractivity contribution in [1.82, 2.24) is 19.9 Å². The van der Waals surface area contributed by atoms with Gasteiger partial charge in [-0.2, -0.15) is 0 Å². The third-order valence-electron chi connectivity index (χ3n) is 3.92. The molecule has 0 radical (unpaired) electrons. The van der Waals surface area contributed by atoms with Crippen LogP contribution in [-0.4, -0.2) is 34.3 Å². The Labute approximate surface area is 153 Å². The molecule has 27 heavy (non-hydrogen) atoms. The van der Waals surface area contributed by atoms with Crippen LogP contribution in [0, 0.1) is 0 Å². The lowest BCUT2D eigenvalue weighted by Gasteiger charge is -2.08. The number of fused-ring (bicyclic) bond motifs is 1. The molecule has 0 aliphatic rings. The van der Waals surface area contributed by atoms with Crippen LogP contribution in [0.4, 0.5) is 11.9 Å². The van der Waals surface area contributed by atoms with E-state index in [1.165, 1.54) is 30.5 Å². The summed E-state index contributed by atoms with van der Waals surface area (Å²) >= 11 is 0. The number of hydrogen-bond donors (Lipinski definition) is 4. The molecule has 9 nitrogen and oxygen atoms in total. The van der Waals surface area contributed by atoms with Crippen molar-refractivity contribution in [3.8, 4) is 0 Å². The van der Waals surface area contributed by atoms with E-state index in [4.69, 9.17) is 5.73 Å². The Kier molecular flexibility index (Phi) is 3.89. The van der Waals surface area contributed by atoms with Crippen molar-refractivity contribution in [3.63, 3.8) is 0 Å². The molecule has 1 amide bonds. The average molecular weight is 382 g/mol. The lowest BCUT2D eigenvalue weighted by molar-refractivity contribution is 0.102. The first-order valence-corrected chi connectivity index (χ1v) is 9.33. The van der Waals surface area contributed by atoms with E-state index in [1.54, 1.807) is 24.4 Å². The van der Waals surface area contributed by atoms with Gasteiger partial charge in [0.15, 0.2) is 5.95 Å². The number of hydrogen-bond acceptors (Lipinski definition) is 6. The Morgan fingerprint density at radius 3 is 2.59 bits per heavy atom. The summed E-state index contributed by atoms with van der Waals surface area (Å²) in [6.07, 6.45) is 3.03. The van der Waals surface area contributed by atoms with Gasteiger partial charge in [0.1, 0.15) is 0 Å². The maximum Gasteiger partial charge on any atom is 0.260 e. The standard InChI is InChI=1S/C17H14N6O3S/c18-16-21-13-9-11(27(25,26)10-4-2-1-3-5-10)8-12(14(13)22-16)15(24)23-17-19-6-7-20-17/h1-9H,(H3,18,21,22)(H2,19,20,23,24). The summed E-state index contributed by atoms with van der Waals surface area (Å²) in [6, 6.07) is 10.6. The number of rotatable bonds is 4. The summed E-state index contributed by atoms with van der Waals surface area (Å²) in [5, 5.41) is 2.57. The number of H-pyrrole nitrogens is 2. The van der Waals surface area contributed by atoms with Crippen LogP contribution in [0.15, 0.2) is 64.6 Å². The van der Waals surface area contributed by atoms with Gasteiger partial charge in [0.25, 0.3) is 5.91 Å². The minimum absolute atomic E-state index is 0.0581. The van der Waals surface area contributed by atoms with E-state index in [1.807, 2.05) is 0 Å². The van der Waals surface area contributed by atoms with E-state index in [0.29, 0.717) is 5.52 Å². The average Bonchev–Trinajstić information content (AvgIpc) is 3.29. The third kappa shape index (κ3) is 3.02. The molecule has 5 N–H and O–H groups in total. The van der Waals surface area contributed by atoms with Gasteiger partial charge >= 0.3 is 0 Å². The van der Waals surface area contributed by atoms with E-state index in [9.17, 15) is 13.2 Å². The molecule has 0 saturated carbocycles.